The van der Waals surface area contributed by atoms with Crippen LogP contribution in [0.2, 0.25) is 0 Å². The first-order valence-corrected chi connectivity index (χ1v) is 9.93. The predicted octanol–water partition coefficient (Wildman–Crippen LogP) is 1.88. The number of hydrogen-bond acceptors (Lipinski definition) is 5. The van der Waals surface area contributed by atoms with Crippen molar-refractivity contribution in [1.29, 1.82) is 0 Å². The van der Waals surface area contributed by atoms with Gasteiger partial charge in [-0.05, 0) is 31.3 Å². The lowest BCUT2D eigenvalue weighted by molar-refractivity contribution is 0.0639. The van der Waals surface area contributed by atoms with E-state index in [9.17, 15) is 9.59 Å². The minimum absolute atomic E-state index is 0.192. The summed E-state index contributed by atoms with van der Waals surface area (Å²) in [7, 11) is 2.14. The molecule has 0 unspecified atom stereocenters. The third-order valence-electron chi connectivity index (χ3n) is 5.87. The third kappa shape index (κ3) is 3.12. The van der Waals surface area contributed by atoms with Crippen LogP contribution in [-0.4, -0.2) is 69.1 Å². The molecular formula is C22H23N5O2. The summed E-state index contributed by atoms with van der Waals surface area (Å²) in [6.45, 7) is 4.98. The summed E-state index contributed by atoms with van der Waals surface area (Å²) in [5, 5.41) is 0. The van der Waals surface area contributed by atoms with Crippen LogP contribution in [0.25, 0.3) is 5.65 Å². The summed E-state index contributed by atoms with van der Waals surface area (Å²) in [5.74, 6) is -0.485. The molecule has 1 fully saturated rings. The standard InChI is InChI=1S/C22H23N5O2/c1-24-10-12-25(13-11-24)15-19-18(23-20-8-4-5-9-26(19)20)14-27-21(28)16-6-2-3-7-17(16)22(27)29/h2-9H,10-15H2,1H3. The van der Waals surface area contributed by atoms with Crippen LogP contribution in [0.1, 0.15) is 32.1 Å². The van der Waals surface area contributed by atoms with Crippen LogP contribution in [0.3, 0.4) is 0 Å². The highest BCUT2D eigenvalue weighted by Crippen LogP contribution is 2.26. The molecule has 1 saturated heterocycles. The zero-order chi connectivity index (χ0) is 20.0. The Morgan fingerprint density at radius 2 is 1.52 bits per heavy atom. The Morgan fingerprint density at radius 3 is 2.21 bits per heavy atom. The van der Waals surface area contributed by atoms with E-state index in [1.165, 1.54) is 4.90 Å². The normalized spacial score (nSPS) is 18.0. The maximum absolute atomic E-state index is 12.8. The lowest BCUT2D eigenvalue weighted by Crippen LogP contribution is -2.44. The van der Waals surface area contributed by atoms with Gasteiger partial charge in [-0.25, -0.2) is 4.98 Å². The molecule has 2 amide bonds. The average molecular weight is 389 g/mol. The topological polar surface area (TPSA) is 61.2 Å². The van der Waals surface area contributed by atoms with Crippen molar-refractivity contribution in [1.82, 2.24) is 24.1 Å². The van der Waals surface area contributed by atoms with Gasteiger partial charge in [0, 0.05) is 38.9 Å². The Morgan fingerprint density at radius 1 is 0.862 bits per heavy atom. The van der Waals surface area contributed by atoms with Gasteiger partial charge in [0.25, 0.3) is 11.8 Å². The first-order valence-electron chi connectivity index (χ1n) is 9.93. The molecular weight excluding hydrogens is 366 g/mol. The van der Waals surface area contributed by atoms with E-state index in [4.69, 9.17) is 4.98 Å². The molecule has 0 bridgehead atoms. The summed E-state index contributed by atoms with van der Waals surface area (Å²) in [6.07, 6.45) is 2.00. The molecule has 148 valence electrons. The molecule has 4 heterocycles. The molecule has 0 saturated carbocycles. The molecule has 1 aromatic carbocycles. The van der Waals surface area contributed by atoms with Crippen LogP contribution < -0.4 is 0 Å². The number of amides is 2. The van der Waals surface area contributed by atoms with Crippen LogP contribution >= 0.6 is 0 Å². The van der Waals surface area contributed by atoms with Gasteiger partial charge in [-0.1, -0.05) is 18.2 Å². The molecule has 0 atom stereocenters. The first-order chi connectivity index (χ1) is 14.1. The molecule has 3 aromatic rings. The monoisotopic (exact) mass is 389 g/mol. The number of pyridine rings is 1. The average Bonchev–Trinajstić information content (AvgIpc) is 3.21. The van der Waals surface area contributed by atoms with Crippen LogP contribution in [0.4, 0.5) is 0 Å². The fraction of sp³-hybridized carbons (Fsp3) is 0.318. The second kappa shape index (κ2) is 7.09. The van der Waals surface area contributed by atoms with Crippen LogP contribution in [0.15, 0.2) is 48.7 Å². The number of imide groups is 1. The van der Waals surface area contributed by atoms with E-state index in [0.29, 0.717) is 11.1 Å². The van der Waals surface area contributed by atoms with E-state index >= 15 is 0 Å². The van der Waals surface area contributed by atoms with E-state index in [2.05, 4.69) is 21.2 Å². The molecule has 2 aliphatic rings. The predicted molar refractivity (Wildman–Crippen MR) is 109 cm³/mol. The van der Waals surface area contributed by atoms with Gasteiger partial charge in [0.2, 0.25) is 0 Å². The van der Waals surface area contributed by atoms with Gasteiger partial charge in [-0.15, -0.1) is 0 Å². The lowest BCUT2D eigenvalue weighted by Gasteiger charge is -2.32. The van der Waals surface area contributed by atoms with E-state index in [1.807, 2.05) is 24.4 Å². The van der Waals surface area contributed by atoms with Crippen LogP contribution in [-0.2, 0) is 13.1 Å². The second-order valence-corrected chi connectivity index (χ2v) is 7.76. The SMILES string of the molecule is CN1CCN(Cc2c(CN3C(=O)c4ccccc4C3=O)nc3ccccn23)CC1. The van der Waals surface area contributed by atoms with Gasteiger partial charge >= 0.3 is 0 Å². The minimum Gasteiger partial charge on any atom is -0.304 e. The van der Waals surface area contributed by atoms with Crippen molar-refractivity contribution in [3.8, 4) is 0 Å². The third-order valence-corrected chi connectivity index (χ3v) is 5.87. The number of likely N-dealkylation sites (N-methyl/N-ethyl adjacent to an activating group) is 1. The Balaban J connectivity index is 1.47. The molecule has 2 aromatic heterocycles. The Kier molecular flexibility index (Phi) is 4.41. The van der Waals surface area contributed by atoms with Gasteiger partial charge < -0.3 is 9.30 Å². The van der Waals surface area contributed by atoms with E-state index in [-0.39, 0.29) is 18.4 Å². The van der Waals surface area contributed by atoms with Crippen LogP contribution in [0.5, 0.6) is 0 Å². The molecule has 0 radical (unpaired) electrons. The van der Waals surface area contributed by atoms with E-state index < -0.39 is 0 Å². The quantitative estimate of drug-likeness (QED) is 0.638. The molecule has 7 nitrogen and oxygen atoms in total. The van der Waals surface area contributed by atoms with Crippen molar-refractivity contribution < 1.29 is 9.59 Å². The van der Waals surface area contributed by atoms with Crippen molar-refractivity contribution in [2.75, 3.05) is 33.2 Å². The number of piperazine rings is 1. The Bertz CT molecular complexity index is 1060. The Labute approximate surface area is 169 Å². The molecule has 0 N–H and O–H groups in total. The number of aromatic nitrogens is 2. The van der Waals surface area contributed by atoms with Crippen molar-refractivity contribution in [2.24, 2.45) is 0 Å². The molecule has 5 rings (SSSR count). The number of benzene rings is 1. The van der Waals surface area contributed by atoms with Gasteiger partial charge in [-0.2, -0.15) is 0 Å². The smallest absolute Gasteiger partial charge is 0.261 e. The van der Waals surface area contributed by atoms with Crippen LogP contribution in [0, 0.1) is 0 Å². The fourth-order valence-corrected chi connectivity index (χ4v) is 4.14. The van der Waals surface area contributed by atoms with Gasteiger partial charge in [0.05, 0.1) is 29.1 Å². The van der Waals surface area contributed by atoms with E-state index in [1.54, 1.807) is 24.3 Å². The summed E-state index contributed by atoms with van der Waals surface area (Å²) < 4.78 is 2.08. The number of carbonyl (C=O) groups is 2. The first kappa shape index (κ1) is 18.0. The maximum Gasteiger partial charge on any atom is 0.261 e. The number of nitrogens with zero attached hydrogens (tertiary/aromatic N) is 5. The fourth-order valence-electron chi connectivity index (χ4n) is 4.14. The largest absolute Gasteiger partial charge is 0.304 e. The molecule has 0 spiro atoms. The number of rotatable bonds is 4. The molecule has 0 aliphatic carbocycles. The van der Waals surface area contributed by atoms with Gasteiger partial charge in [0.15, 0.2) is 0 Å². The van der Waals surface area contributed by atoms with Gasteiger partial charge in [0.1, 0.15) is 5.65 Å². The maximum atomic E-state index is 12.8. The number of hydrogen-bond donors (Lipinski definition) is 0. The highest BCUT2D eigenvalue weighted by molar-refractivity contribution is 6.21. The van der Waals surface area contributed by atoms with Crippen molar-refractivity contribution in [3.63, 3.8) is 0 Å². The zero-order valence-corrected chi connectivity index (χ0v) is 16.4. The summed E-state index contributed by atoms with van der Waals surface area (Å²) in [4.78, 5) is 36.5. The highest BCUT2D eigenvalue weighted by atomic mass is 16.2. The zero-order valence-electron chi connectivity index (χ0n) is 16.4. The Hall–Kier alpha value is -3.03. The number of carbonyl (C=O) groups excluding carboxylic acids is 2. The number of fused-ring (bicyclic) bond motifs is 2. The highest BCUT2D eigenvalue weighted by Gasteiger charge is 2.36. The summed E-state index contributed by atoms with van der Waals surface area (Å²) in [5.41, 5.74) is 3.61. The minimum atomic E-state index is -0.242. The number of imidazole rings is 1. The second-order valence-electron chi connectivity index (χ2n) is 7.76. The lowest BCUT2D eigenvalue weighted by atomic mass is 10.1. The summed E-state index contributed by atoms with van der Waals surface area (Å²) >= 11 is 0. The summed E-state index contributed by atoms with van der Waals surface area (Å²) in [6, 6.07) is 12.9. The van der Waals surface area contributed by atoms with Crippen molar-refractivity contribution in [2.45, 2.75) is 13.1 Å². The van der Waals surface area contributed by atoms with Crippen molar-refractivity contribution >= 4 is 17.5 Å². The molecule has 2 aliphatic heterocycles. The molecule has 29 heavy (non-hydrogen) atoms. The molecule has 7 heteroatoms. The van der Waals surface area contributed by atoms with Crippen molar-refractivity contribution in [3.05, 3.63) is 71.2 Å². The van der Waals surface area contributed by atoms with E-state index in [0.717, 1.165) is 49.8 Å². The van der Waals surface area contributed by atoms with Gasteiger partial charge in [-0.3, -0.25) is 19.4 Å².